The maximum absolute atomic E-state index is 2.16. The Hall–Kier alpha value is -8.50. The molecule has 0 amide bonds. The lowest BCUT2D eigenvalue weighted by Crippen LogP contribution is -1.76. The first kappa shape index (κ1) is 77.9. The highest BCUT2D eigenvalue weighted by Gasteiger charge is 1.96. The molecule has 10 heteroatoms. The van der Waals surface area contributed by atoms with Crippen LogP contribution in [0.2, 0.25) is 0 Å². The largest absolute Gasteiger partial charge is 0.269 e. The van der Waals surface area contributed by atoms with Gasteiger partial charge >= 0.3 is 0 Å². The molecule has 0 unspecified atom stereocenters. The lowest BCUT2D eigenvalue weighted by Gasteiger charge is -2.00. The molecule has 402 valence electrons. The standard InChI is InChI=1S/3C13H12.C12H10.2C7H8.10FH/c3*1-11-7-9-13(10-8-11)12-5-3-2-4-6-12;1-3-7-11(8-4-1)12-9-5-2-6-10-12;2*1-7-5-3-2-4-6-7;;;;;;;;;;/h3*2-10H,1H3;1-10H;2*2-6H,1H3;10*1H. The number of aryl methyl sites for hydroxylation is 5. The summed E-state index contributed by atoms with van der Waals surface area (Å²) >= 11 is 0. The van der Waals surface area contributed by atoms with Crippen LogP contribution >= 0.6 is 0 Å². The van der Waals surface area contributed by atoms with Crippen LogP contribution in [-0.2, 0) is 0 Å². The molecule has 0 aromatic heterocycles. The van der Waals surface area contributed by atoms with Crippen molar-refractivity contribution in [2.45, 2.75) is 34.6 Å². The Kier molecular flexibility index (Phi) is 47.2. The molecule has 0 radical (unpaired) electrons. The van der Waals surface area contributed by atoms with Gasteiger partial charge in [0.25, 0.3) is 0 Å². The predicted octanol–water partition coefficient (Wildman–Crippen LogP) is 19.9. The maximum atomic E-state index is 2.16. The Labute approximate surface area is 437 Å². The van der Waals surface area contributed by atoms with Crippen molar-refractivity contribution < 1.29 is 47.0 Å². The van der Waals surface area contributed by atoms with Crippen molar-refractivity contribution in [2.75, 3.05) is 0 Å². The summed E-state index contributed by atoms with van der Waals surface area (Å²) < 4.78 is 0. The van der Waals surface area contributed by atoms with Gasteiger partial charge in [0, 0.05) is 0 Å². The molecule has 0 aliphatic heterocycles. The van der Waals surface area contributed by atoms with Crippen LogP contribution in [0.3, 0.4) is 0 Å². The van der Waals surface area contributed by atoms with Gasteiger partial charge in [-0.3, -0.25) is 47.0 Å². The summed E-state index contributed by atoms with van der Waals surface area (Å²) in [5.41, 5.74) is 16.8. The monoisotopic (exact) mass is 1040 g/mol. The molecule has 0 saturated carbocycles. The van der Waals surface area contributed by atoms with Crippen LogP contribution in [0, 0.1) is 34.6 Å². The zero-order chi connectivity index (χ0) is 45.7. The minimum Gasteiger partial charge on any atom is -0.269 e. The van der Waals surface area contributed by atoms with E-state index in [9.17, 15) is 0 Å². The second-order valence-corrected chi connectivity index (χ2v) is 15.7. The molecule has 0 bridgehead atoms. The molecule has 0 aliphatic rings. The van der Waals surface area contributed by atoms with E-state index in [2.05, 4.69) is 253 Å². The number of halogens is 10. The minimum absolute atomic E-state index is 0. The van der Waals surface area contributed by atoms with E-state index in [4.69, 9.17) is 0 Å². The van der Waals surface area contributed by atoms with Crippen molar-refractivity contribution in [3.63, 3.8) is 0 Å². The molecule has 0 nitrogen and oxygen atoms in total. The van der Waals surface area contributed by atoms with Crippen molar-refractivity contribution in [3.8, 4) is 44.5 Å². The maximum Gasteiger partial charge on any atom is -0.0184 e. The molecule has 10 aromatic carbocycles. The summed E-state index contributed by atoms with van der Waals surface area (Å²) in [4.78, 5) is 0. The Morgan fingerprint density at radius 1 is 0.120 bits per heavy atom. The van der Waals surface area contributed by atoms with E-state index >= 15 is 0 Å². The summed E-state index contributed by atoms with van der Waals surface area (Å²) in [6.07, 6.45) is 0. The lowest BCUT2D eigenvalue weighted by molar-refractivity contribution is 1.11. The second kappa shape index (κ2) is 45.4. The third kappa shape index (κ3) is 30.2. The summed E-state index contributed by atoms with van der Waals surface area (Å²) in [6.45, 7) is 10.5. The molecule has 0 heterocycles. The van der Waals surface area contributed by atoms with Crippen LogP contribution in [-0.4, -0.2) is 0 Å². The lowest BCUT2D eigenvalue weighted by atomic mass is 10.0. The molecule has 0 atom stereocenters. The number of hydrogen-bond donors (Lipinski definition) is 0. The van der Waals surface area contributed by atoms with Crippen LogP contribution in [0.5, 0.6) is 0 Å². The fourth-order valence-electron chi connectivity index (χ4n) is 6.46. The van der Waals surface area contributed by atoms with E-state index in [0.29, 0.717) is 0 Å². The molecule has 0 N–H and O–H groups in total. The molecular formula is C65H72F10. The van der Waals surface area contributed by atoms with Crippen LogP contribution in [0.1, 0.15) is 27.8 Å². The Bertz CT molecular complexity index is 2470. The number of benzene rings is 10. The Morgan fingerprint density at radius 2 is 0.227 bits per heavy atom. The van der Waals surface area contributed by atoms with Crippen molar-refractivity contribution in [1.82, 2.24) is 0 Å². The number of rotatable bonds is 4. The van der Waals surface area contributed by atoms with Crippen LogP contribution in [0.4, 0.5) is 47.0 Å². The first-order valence-electron chi connectivity index (χ1n) is 22.3. The van der Waals surface area contributed by atoms with Crippen LogP contribution in [0.15, 0.2) is 285 Å². The molecular weight excluding hydrogens is 971 g/mol. The number of hydrogen-bond acceptors (Lipinski definition) is 0. The highest BCUT2D eigenvalue weighted by atomic mass is 19.0. The first-order valence-corrected chi connectivity index (χ1v) is 22.3. The van der Waals surface area contributed by atoms with Crippen molar-refractivity contribution in [1.29, 1.82) is 0 Å². The highest BCUT2D eigenvalue weighted by Crippen LogP contribution is 2.21. The highest BCUT2D eigenvalue weighted by molar-refractivity contribution is 5.65. The van der Waals surface area contributed by atoms with E-state index in [1.165, 1.54) is 72.3 Å². The summed E-state index contributed by atoms with van der Waals surface area (Å²) in [5.74, 6) is 0. The normalized spacial score (nSPS) is 8.33. The Morgan fingerprint density at radius 3 is 0.347 bits per heavy atom. The molecule has 75 heavy (non-hydrogen) atoms. The van der Waals surface area contributed by atoms with Gasteiger partial charge in [0.05, 0.1) is 0 Å². The molecule has 10 aromatic rings. The van der Waals surface area contributed by atoms with E-state index < -0.39 is 0 Å². The van der Waals surface area contributed by atoms with Gasteiger partial charge in [-0.2, -0.15) is 0 Å². The molecule has 0 aliphatic carbocycles. The topological polar surface area (TPSA) is 0 Å². The molecule has 0 saturated heterocycles. The van der Waals surface area contributed by atoms with Crippen LogP contribution < -0.4 is 0 Å². The average molecular weight is 1040 g/mol. The zero-order valence-corrected chi connectivity index (χ0v) is 42.7. The fraction of sp³-hybridized carbons (Fsp3) is 0.0769. The molecule has 0 spiro atoms. The third-order valence-electron chi connectivity index (χ3n) is 10.2. The van der Waals surface area contributed by atoms with Crippen molar-refractivity contribution >= 4 is 0 Å². The zero-order valence-electron chi connectivity index (χ0n) is 42.7. The van der Waals surface area contributed by atoms with E-state index in [1.54, 1.807) is 0 Å². The average Bonchev–Trinajstić information content (AvgIpc) is 3.37. The van der Waals surface area contributed by atoms with Gasteiger partial charge in [-0.05, 0) is 79.1 Å². The van der Waals surface area contributed by atoms with E-state index in [-0.39, 0.29) is 47.0 Å². The second-order valence-electron chi connectivity index (χ2n) is 15.7. The molecule has 10 rings (SSSR count). The van der Waals surface area contributed by atoms with Gasteiger partial charge < -0.3 is 0 Å². The van der Waals surface area contributed by atoms with E-state index in [0.717, 1.165) is 0 Å². The van der Waals surface area contributed by atoms with Gasteiger partial charge in [-0.15, -0.1) is 0 Å². The summed E-state index contributed by atoms with van der Waals surface area (Å²) in [7, 11) is 0. The fourth-order valence-corrected chi connectivity index (χ4v) is 6.46. The van der Waals surface area contributed by atoms with Gasteiger partial charge in [0.2, 0.25) is 0 Å². The quantitative estimate of drug-likeness (QED) is 0.154. The summed E-state index contributed by atoms with van der Waals surface area (Å²) in [6, 6.07) is 98.4. The van der Waals surface area contributed by atoms with Gasteiger partial charge in [-0.25, -0.2) is 0 Å². The van der Waals surface area contributed by atoms with Crippen molar-refractivity contribution in [3.05, 3.63) is 313 Å². The first-order chi connectivity index (χ1) is 31.8. The SMILES string of the molecule is Cc1ccc(-c2ccccc2)cc1.Cc1ccc(-c2ccccc2)cc1.Cc1ccc(-c2ccccc2)cc1.Cc1ccccc1.Cc1ccccc1.F.F.F.F.F.F.F.F.F.F.c1ccc(-c2ccccc2)cc1. The smallest absolute Gasteiger partial charge is 0.0184 e. The third-order valence-corrected chi connectivity index (χ3v) is 10.2. The van der Waals surface area contributed by atoms with Crippen molar-refractivity contribution in [2.24, 2.45) is 0 Å². The van der Waals surface area contributed by atoms with E-state index in [1.807, 2.05) is 66.7 Å². The minimum atomic E-state index is 0. The molecule has 0 fully saturated rings. The van der Waals surface area contributed by atoms with Crippen LogP contribution in [0.25, 0.3) is 44.5 Å². The Balaban J connectivity index is -0.000000188. The van der Waals surface area contributed by atoms with Gasteiger partial charge in [-0.1, -0.05) is 313 Å². The summed E-state index contributed by atoms with van der Waals surface area (Å²) in [5, 5.41) is 0. The van der Waals surface area contributed by atoms with Gasteiger partial charge in [0.1, 0.15) is 0 Å². The van der Waals surface area contributed by atoms with Gasteiger partial charge in [0.15, 0.2) is 0 Å². The predicted molar refractivity (Wildman–Crippen MR) is 309 cm³/mol.